The predicted octanol–water partition coefficient (Wildman–Crippen LogP) is 5.10. The summed E-state index contributed by atoms with van der Waals surface area (Å²) in [6.07, 6.45) is 1.75. The molecule has 134 valence electrons. The number of anilines is 1. The van der Waals surface area contributed by atoms with Gasteiger partial charge in [-0.3, -0.25) is 9.69 Å². The molecule has 4 rings (SSSR count). The second-order valence-electron chi connectivity index (χ2n) is 6.07. The van der Waals surface area contributed by atoms with E-state index >= 15 is 0 Å². The third kappa shape index (κ3) is 3.71. The molecule has 2 aromatic heterocycles. The molecule has 3 heterocycles. The maximum absolute atomic E-state index is 13.1. The number of nitrogens with zero attached hydrogens (tertiary/aromatic N) is 3. The van der Waals surface area contributed by atoms with E-state index in [1.807, 2.05) is 74.5 Å². The van der Waals surface area contributed by atoms with Crippen molar-refractivity contribution in [2.75, 3.05) is 4.90 Å². The molecule has 1 saturated heterocycles. The smallest absolute Gasteiger partial charge is 0.271 e. The van der Waals surface area contributed by atoms with Crippen molar-refractivity contribution in [2.45, 2.75) is 13.8 Å². The summed E-state index contributed by atoms with van der Waals surface area (Å²) in [6, 6.07) is 18.8. The molecule has 0 N–H and O–H groups in total. The van der Waals surface area contributed by atoms with E-state index in [4.69, 9.17) is 4.42 Å². The number of amides is 1. The molecule has 1 fully saturated rings. The van der Waals surface area contributed by atoms with Crippen molar-refractivity contribution in [3.8, 4) is 0 Å². The van der Waals surface area contributed by atoms with E-state index in [2.05, 4.69) is 9.98 Å². The summed E-state index contributed by atoms with van der Waals surface area (Å²) in [5.74, 6) is 1.88. The lowest BCUT2D eigenvalue weighted by Crippen LogP contribution is -2.28. The zero-order valence-corrected chi connectivity index (χ0v) is 15.7. The van der Waals surface area contributed by atoms with Crippen LogP contribution in [0.3, 0.4) is 0 Å². The Kier molecular flexibility index (Phi) is 4.64. The van der Waals surface area contributed by atoms with Crippen molar-refractivity contribution in [3.63, 3.8) is 0 Å². The number of hydrogen-bond acceptors (Lipinski definition) is 5. The van der Waals surface area contributed by atoms with Crippen molar-refractivity contribution in [2.24, 2.45) is 4.99 Å². The number of rotatable bonds is 3. The van der Waals surface area contributed by atoms with Crippen LogP contribution in [0.4, 0.5) is 11.5 Å². The second kappa shape index (κ2) is 7.25. The van der Waals surface area contributed by atoms with Gasteiger partial charge >= 0.3 is 0 Å². The number of carbonyl (C=O) groups excluding carboxylic acids is 1. The molecule has 3 aromatic rings. The molecule has 1 aromatic carbocycles. The van der Waals surface area contributed by atoms with Crippen LogP contribution in [-0.4, -0.2) is 16.1 Å². The van der Waals surface area contributed by atoms with Gasteiger partial charge in [0.25, 0.3) is 5.91 Å². The van der Waals surface area contributed by atoms with Crippen molar-refractivity contribution in [3.05, 3.63) is 82.8 Å². The van der Waals surface area contributed by atoms with Crippen LogP contribution >= 0.6 is 11.8 Å². The average Bonchev–Trinajstić information content (AvgIpc) is 3.19. The van der Waals surface area contributed by atoms with Crippen LogP contribution in [0.25, 0.3) is 6.08 Å². The molecule has 0 atom stereocenters. The first kappa shape index (κ1) is 17.3. The Labute approximate surface area is 161 Å². The summed E-state index contributed by atoms with van der Waals surface area (Å²) < 4.78 is 5.59. The molecule has 6 heteroatoms. The number of aliphatic imine (C=N–C) groups is 1. The fourth-order valence-electron chi connectivity index (χ4n) is 2.70. The van der Waals surface area contributed by atoms with Gasteiger partial charge in [-0.1, -0.05) is 24.3 Å². The van der Waals surface area contributed by atoms with Crippen LogP contribution in [-0.2, 0) is 4.79 Å². The highest BCUT2D eigenvalue weighted by molar-refractivity contribution is 8.19. The largest absolute Gasteiger partial charge is 0.462 e. The van der Waals surface area contributed by atoms with Crippen molar-refractivity contribution in [1.29, 1.82) is 0 Å². The molecular formula is C21H17N3O2S. The molecule has 0 spiro atoms. The minimum Gasteiger partial charge on any atom is -0.462 e. The summed E-state index contributed by atoms with van der Waals surface area (Å²) in [6.45, 7) is 3.79. The second-order valence-corrected chi connectivity index (χ2v) is 7.08. The van der Waals surface area contributed by atoms with Crippen LogP contribution in [0, 0.1) is 13.8 Å². The van der Waals surface area contributed by atoms with Crippen molar-refractivity contribution in [1.82, 2.24) is 4.98 Å². The van der Waals surface area contributed by atoms with E-state index in [1.165, 1.54) is 11.8 Å². The minimum atomic E-state index is -0.133. The molecule has 5 nitrogen and oxygen atoms in total. The number of aryl methyl sites for hydroxylation is 2. The van der Waals surface area contributed by atoms with Gasteiger partial charge in [-0.05, 0) is 62.0 Å². The normalized spacial score (nSPS) is 17.3. The van der Waals surface area contributed by atoms with E-state index < -0.39 is 0 Å². The predicted molar refractivity (Wildman–Crippen MR) is 109 cm³/mol. The fraction of sp³-hybridized carbons (Fsp3) is 0.0952. The number of para-hydroxylation sites is 1. The lowest BCUT2D eigenvalue weighted by molar-refractivity contribution is -0.113. The van der Waals surface area contributed by atoms with Gasteiger partial charge in [0.1, 0.15) is 11.5 Å². The zero-order valence-electron chi connectivity index (χ0n) is 14.9. The van der Waals surface area contributed by atoms with Gasteiger partial charge < -0.3 is 4.42 Å². The van der Waals surface area contributed by atoms with Crippen LogP contribution in [0.1, 0.15) is 17.2 Å². The number of carbonyl (C=O) groups is 1. The molecule has 1 aliphatic heterocycles. The number of furan rings is 1. The first-order chi connectivity index (χ1) is 13.1. The third-order valence-electron chi connectivity index (χ3n) is 3.94. The number of hydrogen-bond donors (Lipinski definition) is 0. The van der Waals surface area contributed by atoms with Gasteiger partial charge in [0, 0.05) is 11.8 Å². The zero-order chi connectivity index (χ0) is 18.8. The van der Waals surface area contributed by atoms with E-state index in [0.29, 0.717) is 21.7 Å². The van der Waals surface area contributed by atoms with Crippen LogP contribution in [0.2, 0.25) is 0 Å². The topological polar surface area (TPSA) is 58.7 Å². The Morgan fingerprint density at radius 1 is 1.04 bits per heavy atom. The Hall–Kier alpha value is -3.12. The number of benzene rings is 1. The summed E-state index contributed by atoms with van der Waals surface area (Å²) in [4.78, 5) is 24.3. The Morgan fingerprint density at radius 3 is 2.56 bits per heavy atom. The summed E-state index contributed by atoms with van der Waals surface area (Å²) in [7, 11) is 0. The van der Waals surface area contributed by atoms with Crippen LogP contribution < -0.4 is 4.90 Å². The molecule has 0 bridgehead atoms. The van der Waals surface area contributed by atoms with Crippen molar-refractivity contribution >= 4 is 40.4 Å². The highest BCUT2D eigenvalue weighted by Gasteiger charge is 2.35. The standard InChI is InChI=1S/C21H17N3O2S/c1-14-7-6-10-19(22-14)23-21-24(16-8-4-3-5-9-16)20(25)18(27-21)13-17-12-11-15(2)26-17/h3-13H,1-2H3/b18-13+,23-21+. The Morgan fingerprint density at radius 2 is 1.85 bits per heavy atom. The van der Waals surface area contributed by atoms with E-state index in [1.54, 1.807) is 11.0 Å². The van der Waals surface area contributed by atoms with Crippen LogP contribution in [0.5, 0.6) is 0 Å². The van der Waals surface area contributed by atoms with E-state index in [-0.39, 0.29) is 5.91 Å². The molecule has 1 amide bonds. The van der Waals surface area contributed by atoms with Gasteiger partial charge in [0.15, 0.2) is 11.0 Å². The van der Waals surface area contributed by atoms with Crippen molar-refractivity contribution < 1.29 is 9.21 Å². The van der Waals surface area contributed by atoms with E-state index in [9.17, 15) is 4.79 Å². The fourth-order valence-corrected chi connectivity index (χ4v) is 3.67. The summed E-state index contributed by atoms with van der Waals surface area (Å²) in [5, 5.41) is 0.568. The molecule has 0 saturated carbocycles. The minimum absolute atomic E-state index is 0.133. The number of thioether (sulfide) groups is 1. The highest BCUT2D eigenvalue weighted by Crippen LogP contribution is 2.37. The SMILES string of the molecule is Cc1cccc(/N=C2/S/C(=C/c3ccc(C)o3)C(=O)N2c2ccccc2)n1. The molecule has 1 aliphatic rings. The Bertz CT molecular complexity index is 1050. The number of aromatic nitrogens is 1. The Balaban J connectivity index is 1.77. The highest BCUT2D eigenvalue weighted by atomic mass is 32.2. The maximum Gasteiger partial charge on any atom is 0.271 e. The number of pyridine rings is 1. The summed E-state index contributed by atoms with van der Waals surface area (Å²) >= 11 is 1.31. The van der Waals surface area contributed by atoms with Crippen LogP contribution in [0.15, 0.2) is 75.0 Å². The monoisotopic (exact) mass is 375 g/mol. The lowest BCUT2D eigenvalue weighted by Gasteiger charge is -2.15. The molecule has 0 aliphatic carbocycles. The molecule has 0 radical (unpaired) electrons. The first-order valence-electron chi connectivity index (χ1n) is 8.48. The van der Waals surface area contributed by atoms with Gasteiger partial charge in [-0.25, -0.2) is 9.98 Å². The maximum atomic E-state index is 13.1. The molecule has 27 heavy (non-hydrogen) atoms. The number of amidine groups is 1. The van der Waals surface area contributed by atoms with Gasteiger partial charge in [-0.15, -0.1) is 0 Å². The van der Waals surface area contributed by atoms with Gasteiger partial charge in [0.2, 0.25) is 0 Å². The third-order valence-corrected chi connectivity index (χ3v) is 4.91. The average molecular weight is 375 g/mol. The van der Waals surface area contributed by atoms with Gasteiger partial charge in [-0.2, -0.15) is 0 Å². The first-order valence-corrected chi connectivity index (χ1v) is 9.30. The molecule has 0 unspecified atom stereocenters. The van der Waals surface area contributed by atoms with E-state index in [0.717, 1.165) is 17.1 Å². The lowest BCUT2D eigenvalue weighted by atomic mass is 10.3. The summed E-state index contributed by atoms with van der Waals surface area (Å²) in [5.41, 5.74) is 1.64. The van der Waals surface area contributed by atoms with Gasteiger partial charge in [0.05, 0.1) is 10.6 Å². The quantitative estimate of drug-likeness (QED) is 0.598. The molecular weight excluding hydrogens is 358 g/mol.